The fourth-order valence-electron chi connectivity index (χ4n) is 5.43. The number of halogens is 2. The molecule has 7 nitrogen and oxygen atoms in total. The van der Waals surface area contributed by atoms with Crippen LogP contribution in [0.2, 0.25) is 10.0 Å². The third-order valence-corrected chi connectivity index (χ3v) is 9.40. The number of thioether (sulfide) groups is 1. The van der Waals surface area contributed by atoms with Gasteiger partial charge < -0.3 is 24.8 Å². The fraction of sp³-hybridized carbons (Fsp3) is 0.235. The van der Waals surface area contributed by atoms with E-state index in [4.69, 9.17) is 37.4 Å². The van der Waals surface area contributed by atoms with E-state index >= 15 is 0 Å². The Bertz CT molecular complexity index is 1610. The van der Waals surface area contributed by atoms with Crippen LogP contribution < -0.4 is 20.1 Å². The Balaban J connectivity index is 1.48. The minimum atomic E-state index is -0.958. The molecule has 4 aromatic carbocycles. The quantitative estimate of drug-likeness (QED) is 0.169. The van der Waals surface area contributed by atoms with Gasteiger partial charge in [0.1, 0.15) is 17.5 Å². The Hall–Kier alpha value is -3.85. The maximum absolute atomic E-state index is 13.1. The van der Waals surface area contributed by atoms with Crippen LogP contribution >= 0.6 is 35.0 Å². The lowest BCUT2D eigenvalue weighted by atomic mass is 9.90. The van der Waals surface area contributed by atoms with Gasteiger partial charge in [-0.15, -0.1) is 11.8 Å². The lowest BCUT2D eigenvalue weighted by molar-refractivity contribution is -0.142. The predicted molar refractivity (Wildman–Crippen MR) is 175 cm³/mol. The van der Waals surface area contributed by atoms with Crippen molar-refractivity contribution in [2.24, 2.45) is 0 Å². The first-order valence-corrected chi connectivity index (χ1v) is 15.6. The third kappa shape index (κ3) is 6.93. The summed E-state index contributed by atoms with van der Waals surface area (Å²) in [6, 6.07) is 25.8. The van der Waals surface area contributed by atoms with Crippen LogP contribution in [0.25, 0.3) is 0 Å². The number of carbonyl (C=O) groups is 2. The zero-order valence-electron chi connectivity index (χ0n) is 24.4. The van der Waals surface area contributed by atoms with Crippen molar-refractivity contribution in [3.05, 3.63) is 117 Å². The van der Waals surface area contributed by atoms with Gasteiger partial charge in [-0.05, 0) is 60.0 Å². The van der Waals surface area contributed by atoms with Gasteiger partial charge in [-0.2, -0.15) is 0 Å². The Morgan fingerprint density at radius 1 is 0.909 bits per heavy atom. The number of hydrogen-bond donors (Lipinski definition) is 2. The topological polar surface area (TPSA) is 85.9 Å². The SMILES string of the molecule is COC(=O)C(Cc1ccc2c(c1)C(Sc1ccccc1)CC(c1c(OC)cccc1OC)N2)NC(=O)c1c(Cl)cccc1Cl. The summed E-state index contributed by atoms with van der Waals surface area (Å²) in [7, 11) is 4.61. The predicted octanol–water partition coefficient (Wildman–Crippen LogP) is 7.92. The zero-order valence-corrected chi connectivity index (χ0v) is 26.8. The van der Waals surface area contributed by atoms with Crippen molar-refractivity contribution in [2.75, 3.05) is 26.6 Å². The molecule has 0 fully saturated rings. The Labute approximate surface area is 271 Å². The lowest BCUT2D eigenvalue weighted by Gasteiger charge is -2.35. The number of esters is 1. The van der Waals surface area contributed by atoms with Crippen molar-refractivity contribution < 1.29 is 23.8 Å². The number of ether oxygens (including phenoxy) is 3. The first-order chi connectivity index (χ1) is 21.3. The van der Waals surface area contributed by atoms with Gasteiger partial charge >= 0.3 is 5.97 Å². The highest BCUT2D eigenvalue weighted by molar-refractivity contribution is 7.99. The number of hydrogen-bond acceptors (Lipinski definition) is 7. The molecule has 0 radical (unpaired) electrons. The monoisotopic (exact) mass is 650 g/mol. The van der Waals surface area contributed by atoms with Crippen molar-refractivity contribution >= 4 is 52.5 Å². The second-order valence-corrected chi connectivity index (χ2v) is 12.3. The van der Waals surface area contributed by atoms with Crippen LogP contribution in [-0.2, 0) is 16.0 Å². The standard InChI is InChI=1S/C34H32Cl2N2O5S/c1-41-28-13-8-14-29(42-2)32(28)26-19-30(44-21-9-5-4-6-10-21)22-17-20(15-16-25(22)37-26)18-27(34(40)43-3)38-33(39)31-23(35)11-7-12-24(31)36/h4-17,26-27,30,37H,18-19H2,1-3H3,(H,38,39). The molecule has 0 aliphatic carbocycles. The fourth-order valence-corrected chi connectivity index (χ4v) is 7.25. The molecule has 10 heteroatoms. The normalized spacial score (nSPS) is 16.2. The van der Waals surface area contributed by atoms with Gasteiger partial charge in [0, 0.05) is 22.3 Å². The smallest absolute Gasteiger partial charge is 0.328 e. The van der Waals surface area contributed by atoms with E-state index in [-0.39, 0.29) is 33.3 Å². The minimum absolute atomic E-state index is 0.0568. The summed E-state index contributed by atoms with van der Waals surface area (Å²) in [4.78, 5) is 27.1. The second kappa shape index (κ2) is 14.3. The average molecular weight is 652 g/mol. The molecule has 1 aliphatic heterocycles. The Morgan fingerprint density at radius 3 is 2.20 bits per heavy atom. The van der Waals surface area contributed by atoms with Crippen molar-refractivity contribution in [3.63, 3.8) is 0 Å². The van der Waals surface area contributed by atoms with E-state index in [9.17, 15) is 9.59 Å². The van der Waals surface area contributed by atoms with E-state index in [0.29, 0.717) is 0 Å². The molecule has 0 saturated carbocycles. The van der Waals surface area contributed by atoms with Crippen LogP contribution in [0, 0.1) is 0 Å². The van der Waals surface area contributed by atoms with Crippen LogP contribution in [0.5, 0.6) is 11.5 Å². The maximum atomic E-state index is 13.1. The number of rotatable bonds is 10. The van der Waals surface area contributed by atoms with Gasteiger partial charge in [0.05, 0.1) is 48.5 Å². The number of benzene rings is 4. The number of methoxy groups -OCH3 is 3. The van der Waals surface area contributed by atoms with Gasteiger partial charge in [0.2, 0.25) is 0 Å². The van der Waals surface area contributed by atoms with Gasteiger partial charge in [0.25, 0.3) is 5.91 Å². The third-order valence-electron chi connectivity index (χ3n) is 7.50. The van der Waals surface area contributed by atoms with Crippen molar-refractivity contribution in [1.82, 2.24) is 5.32 Å². The molecule has 3 atom stereocenters. The Kier molecular flexibility index (Phi) is 10.3. The van der Waals surface area contributed by atoms with Crippen molar-refractivity contribution in [3.8, 4) is 11.5 Å². The second-order valence-electron chi connectivity index (χ2n) is 10.2. The molecule has 4 aromatic rings. The largest absolute Gasteiger partial charge is 0.496 e. The number of fused-ring (bicyclic) bond motifs is 1. The van der Waals surface area contributed by atoms with E-state index in [1.807, 2.05) is 48.5 Å². The number of anilines is 1. The average Bonchev–Trinajstić information content (AvgIpc) is 3.04. The van der Waals surface area contributed by atoms with E-state index in [1.165, 1.54) is 7.11 Å². The zero-order chi connectivity index (χ0) is 31.2. The van der Waals surface area contributed by atoms with Crippen LogP contribution in [-0.4, -0.2) is 39.2 Å². The molecule has 1 aliphatic rings. The number of amides is 1. The van der Waals surface area contributed by atoms with Crippen LogP contribution in [0.15, 0.2) is 89.8 Å². The number of carbonyl (C=O) groups excluding carboxylic acids is 2. The minimum Gasteiger partial charge on any atom is -0.496 e. The van der Waals surface area contributed by atoms with E-state index in [1.54, 1.807) is 44.2 Å². The maximum Gasteiger partial charge on any atom is 0.328 e. The highest BCUT2D eigenvalue weighted by Gasteiger charge is 2.33. The van der Waals surface area contributed by atoms with E-state index in [0.717, 1.165) is 45.2 Å². The van der Waals surface area contributed by atoms with Crippen LogP contribution in [0.3, 0.4) is 0 Å². The number of nitrogens with one attached hydrogen (secondary N) is 2. The molecule has 2 N–H and O–H groups in total. The summed E-state index contributed by atoms with van der Waals surface area (Å²) >= 11 is 14.3. The molecule has 1 amide bonds. The molecule has 228 valence electrons. The van der Waals surface area contributed by atoms with Crippen molar-refractivity contribution in [1.29, 1.82) is 0 Å². The molecule has 5 rings (SSSR count). The molecular weight excluding hydrogens is 619 g/mol. The highest BCUT2D eigenvalue weighted by atomic mass is 35.5. The van der Waals surface area contributed by atoms with E-state index < -0.39 is 17.9 Å². The van der Waals surface area contributed by atoms with E-state index in [2.05, 4.69) is 28.8 Å². The summed E-state index contributed by atoms with van der Waals surface area (Å²) in [5.74, 6) is 0.374. The first-order valence-electron chi connectivity index (χ1n) is 14.0. The molecule has 0 bridgehead atoms. The molecule has 1 heterocycles. The summed E-state index contributed by atoms with van der Waals surface area (Å²) in [5, 5.41) is 6.91. The van der Waals surface area contributed by atoms with Crippen molar-refractivity contribution in [2.45, 2.75) is 35.1 Å². The Morgan fingerprint density at radius 2 is 1.57 bits per heavy atom. The first kappa shape index (κ1) is 31.6. The molecular formula is C34H32Cl2N2O5S. The highest BCUT2D eigenvalue weighted by Crippen LogP contribution is 2.51. The molecule has 0 spiro atoms. The summed E-state index contributed by atoms with van der Waals surface area (Å²) in [6.07, 6.45) is 0.954. The molecule has 0 saturated heterocycles. The van der Waals surface area contributed by atoms with Crippen LogP contribution in [0.4, 0.5) is 5.69 Å². The van der Waals surface area contributed by atoms with Gasteiger partial charge in [-0.1, -0.05) is 65.7 Å². The van der Waals surface area contributed by atoms with Gasteiger partial charge in [0.15, 0.2) is 0 Å². The summed E-state index contributed by atoms with van der Waals surface area (Å²) in [6.45, 7) is 0. The summed E-state index contributed by atoms with van der Waals surface area (Å²) < 4.78 is 16.5. The lowest BCUT2D eigenvalue weighted by Crippen LogP contribution is -2.43. The molecule has 0 aromatic heterocycles. The summed E-state index contributed by atoms with van der Waals surface area (Å²) in [5.41, 5.74) is 3.98. The van der Waals surface area contributed by atoms with Gasteiger partial charge in [-0.3, -0.25) is 4.79 Å². The van der Waals surface area contributed by atoms with Gasteiger partial charge in [-0.25, -0.2) is 4.79 Å². The van der Waals surface area contributed by atoms with Crippen LogP contribution in [0.1, 0.15) is 44.8 Å². The molecule has 44 heavy (non-hydrogen) atoms. The molecule has 3 unspecified atom stereocenters.